The smallest absolute Gasteiger partial charge is 0.191 e. The van der Waals surface area contributed by atoms with Crippen molar-refractivity contribution < 1.29 is 12.8 Å². The molecule has 2 N–H and O–H groups in total. The minimum absolute atomic E-state index is 0. The average molecular weight is 552 g/mol. The zero-order valence-corrected chi connectivity index (χ0v) is 20.8. The molecule has 1 aliphatic carbocycles. The molecule has 1 atom stereocenters. The van der Waals surface area contributed by atoms with Crippen molar-refractivity contribution in [3.8, 4) is 0 Å². The molecule has 1 aliphatic heterocycles. The van der Waals surface area contributed by atoms with Crippen LogP contribution in [0.5, 0.6) is 0 Å². The second-order valence-corrected chi connectivity index (χ2v) is 10.1. The van der Waals surface area contributed by atoms with Gasteiger partial charge in [0.05, 0.1) is 5.75 Å². The summed E-state index contributed by atoms with van der Waals surface area (Å²) in [5.41, 5.74) is 0. The third-order valence-electron chi connectivity index (χ3n) is 5.94. The van der Waals surface area contributed by atoms with Gasteiger partial charge in [0.1, 0.15) is 10.7 Å². The Morgan fingerprint density at radius 3 is 2.60 bits per heavy atom. The molecular weight excluding hydrogens is 518 g/mol. The Morgan fingerprint density at radius 1 is 1.17 bits per heavy atom. The van der Waals surface area contributed by atoms with Crippen molar-refractivity contribution in [2.24, 2.45) is 4.99 Å². The van der Waals surface area contributed by atoms with E-state index >= 15 is 0 Å². The summed E-state index contributed by atoms with van der Waals surface area (Å²) in [6.45, 7) is 2.34. The van der Waals surface area contributed by atoms with Crippen LogP contribution in [0.3, 0.4) is 0 Å². The molecular formula is C21H34FIN4O2S. The van der Waals surface area contributed by atoms with Gasteiger partial charge in [-0.3, -0.25) is 9.89 Å². The van der Waals surface area contributed by atoms with Crippen LogP contribution in [0.15, 0.2) is 34.2 Å². The van der Waals surface area contributed by atoms with E-state index in [0.29, 0.717) is 18.0 Å². The van der Waals surface area contributed by atoms with Crippen LogP contribution in [0.4, 0.5) is 4.39 Å². The minimum Gasteiger partial charge on any atom is -0.355 e. The third kappa shape index (κ3) is 7.05. The molecule has 30 heavy (non-hydrogen) atoms. The number of hydrogen-bond acceptors (Lipinski definition) is 4. The molecule has 2 fully saturated rings. The monoisotopic (exact) mass is 552 g/mol. The standard InChI is InChI=1S/C21H33FN4O2S.HI/c1-23-21(24-13-15-29(27,28)20-12-6-5-11-19(20)22)25-17-8-7-14-26(16-17)18-9-3-2-4-10-18;/h5-6,11-12,17-18H,2-4,7-10,13-16H2,1H3,(H2,23,24,25);1H. The maximum absolute atomic E-state index is 13.8. The second-order valence-electron chi connectivity index (χ2n) is 8.02. The van der Waals surface area contributed by atoms with E-state index in [2.05, 4.69) is 20.5 Å². The summed E-state index contributed by atoms with van der Waals surface area (Å²) in [4.78, 5) is 6.59. The maximum Gasteiger partial charge on any atom is 0.191 e. The molecule has 0 bridgehead atoms. The number of likely N-dealkylation sites (tertiary alicyclic amines) is 1. The lowest BCUT2D eigenvalue weighted by atomic mass is 9.92. The van der Waals surface area contributed by atoms with Gasteiger partial charge in [0.25, 0.3) is 0 Å². The highest BCUT2D eigenvalue weighted by Crippen LogP contribution is 2.25. The lowest BCUT2D eigenvalue weighted by molar-refractivity contribution is 0.115. The summed E-state index contributed by atoms with van der Waals surface area (Å²) in [5, 5.41) is 6.52. The van der Waals surface area contributed by atoms with Crippen molar-refractivity contribution in [2.75, 3.05) is 32.4 Å². The van der Waals surface area contributed by atoms with E-state index in [0.717, 1.165) is 25.9 Å². The Labute approximate surface area is 197 Å². The van der Waals surface area contributed by atoms with Crippen LogP contribution in [-0.2, 0) is 9.84 Å². The van der Waals surface area contributed by atoms with Crippen LogP contribution in [0.25, 0.3) is 0 Å². The van der Waals surface area contributed by atoms with E-state index in [1.165, 1.54) is 56.4 Å². The van der Waals surface area contributed by atoms with E-state index in [1.54, 1.807) is 7.05 Å². The molecule has 1 saturated heterocycles. The molecule has 1 saturated carbocycles. The maximum atomic E-state index is 13.8. The SMILES string of the molecule is CN=C(NCCS(=O)(=O)c1ccccc1F)NC1CCCN(C2CCCCC2)C1.I. The topological polar surface area (TPSA) is 73.8 Å². The number of rotatable bonds is 6. The molecule has 0 amide bonds. The van der Waals surface area contributed by atoms with Gasteiger partial charge in [0.2, 0.25) is 0 Å². The fourth-order valence-corrected chi connectivity index (χ4v) is 5.64. The number of guanidine groups is 1. The highest BCUT2D eigenvalue weighted by molar-refractivity contribution is 14.0. The zero-order chi connectivity index (χ0) is 20.7. The third-order valence-corrected chi connectivity index (χ3v) is 7.69. The van der Waals surface area contributed by atoms with E-state index in [1.807, 2.05) is 0 Å². The quantitative estimate of drug-likeness (QED) is 0.322. The molecule has 1 aromatic carbocycles. The molecule has 3 rings (SSSR count). The number of hydrogen-bond donors (Lipinski definition) is 2. The van der Waals surface area contributed by atoms with Crippen molar-refractivity contribution in [3.05, 3.63) is 30.1 Å². The largest absolute Gasteiger partial charge is 0.355 e. The predicted molar refractivity (Wildman–Crippen MR) is 130 cm³/mol. The van der Waals surface area contributed by atoms with Crippen LogP contribution in [0, 0.1) is 5.82 Å². The number of aliphatic imine (C=N–C) groups is 1. The lowest BCUT2D eigenvalue weighted by Gasteiger charge is -2.40. The number of piperidine rings is 1. The average Bonchev–Trinajstić information content (AvgIpc) is 2.74. The summed E-state index contributed by atoms with van der Waals surface area (Å²) >= 11 is 0. The van der Waals surface area contributed by atoms with E-state index in [4.69, 9.17) is 0 Å². The summed E-state index contributed by atoms with van der Waals surface area (Å²) < 4.78 is 38.6. The van der Waals surface area contributed by atoms with Crippen molar-refractivity contribution in [1.82, 2.24) is 15.5 Å². The first-order valence-corrected chi connectivity index (χ1v) is 12.3. The number of benzene rings is 1. The van der Waals surface area contributed by atoms with Crippen LogP contribution in [0.1, 0.15) is 44.9 Å². The number of halogens is 2. The Morgan fingerprint density at radius 2 is 1.90 bits per heavy atom. The van der Waals surface area contributed by atoms with Crippen molar-refractivity contribution >= 4 is 39.8 Å². The molecule has 6 nitrogen and oxygen atoms in total. The molecule has 0 radical (unpaired) electrons. The summed E-state index contributed by atoms with van der Waals surface area (Å²) in [6, 6.07) is 6.50. The van der Waals surface area contributed by atoms with Gasteiger partial charge in [0, 0.05) is 32.2 Å². The normalized spacial score (nSPS) is 21.7. The first kappa shape index (κ1) is 25.3. The van der Waals surface area contributed by atoms with Crippen molar-refractivity contribution in [1.29, 1.82) is 0 Å². The fraction of sp³-hybridized carbons (Fsp3) is 0.667. The first-order chi connectivity index (χ1) is 14.0. The fourth-order valence-electron chi connectivity index (χ4n) is 4.40. The number of nitrogens with one attached hydrogen (secondary N) is 2. The minimum atomic E-state index is -3.68. The van der Waals surface area contributed by atoms with Gasteiger partial charge in [-0.2, -0.15) is 0 Å². The Hall–Kier alpha value is -0.940. The van der Waals surface area contributed by atoms with Gasteiger partial charge in [-0.15, -0.1) is 24.0 Å². The van der Waals surface area contributed by atoms with Gasteiger partial charge in [-0.25, -0.2) is 12.8 Å². The van der Waals surface area contributed by atoms with Gasteiger partial charge in [-0.05, 0) is 44.4 Å². The molecule has 1 aromatic rings. The molecule has 1 unspecified atom stereocenters. The van der Waals surface area contributed by atoms with Crippen molar-refractivity contribution in [2.45, 2.75) is 61.9 Å². The Balaban J connectivity index is 0.00000320. The summed E-state index contributed by atoms with van der Waals surface area (Å²) in [5.74, 6) is -0.294. The summed E-state index contributed by atoms with van der Waals surface area (Å²) in [7, 11) is -2.00. The Bertz CT molecular complexity index is 800. The first-order valence-electron chi connectivity index (χ1n) is 10.7. The molecule has 0 spiro atoms. The summed E-state index contributed by atoms with van der Waals surface area (Å²) in [6.07, 6.45) is 8.86. The van der Waals surface area contributed by atoms with Gasteiger partial charge < -0.3 is 10.6 Å². The predicted octanol–water partition coefficient (Wildman–Crippen LogP) is 3.18. The number of sulfone groups is 1. The molecule has 2 aliphatic rings. The number of nitrogens with zero attached hydrogens (tertiary/aromatic N) is 2. The van der Waals surface area contributed by atoms with E-state index in [9.17, 15) is 12.8 Å². The molecule has 1 heterocycles. The highest BCUT2D eigenvalue weighted by atomic mass is 127. The molecule has 9 heteroatoms. The van der Waals surface area contributed by atoms with Gasteiger partial charge in [0.15, 0.2) is 15.8 Å². The van der Waals surface area contributed by atoms with Crippen LogP contribution in [0.2, 0.25) is 0 Å². The lowest BCUT2D eigenvalue weighted by Crippen LogP contribution is -2.54. The highest BCUT2D eigenvalue weighted by Gasteiger charge is 2.27. The van der Waals surface area contributed by atoms with Crippen molar-refractivity contribution in [3.63, 3.8) is 0 Å². The van der Waals surface area contributed by atoms with Crippen LogP contribution < -0.4 is 10.6 Å². The zero-order valence-electron chi connectivity index (χ0n) is 17.6. The Kier molecular flexibility index (Phi) is 10.3. The van der Waals surface area contributed by atoms with E-state index < -0.39 is 15.7 Å². The molecule has 0 aromatic heterocycles. The van der Waals surface area contributed by atoms with Crippen LogP contribution in [-0.4, -0.2) is 63.8 Å². The molecule has 170 valence electrons. The van der Waals surface area contributed by atoms with Crippen LogP contribution >= 0.6 is 24.0 Å². The van der Waals surface area contributed by atoms with Gasteiger partial charge in [-0.1, -0.05) is 31.4 Å². The van der Waals surface area contributed by atoms with Gasteiger partial charge >= 0.3 is 0 Å². The second kappa shape index (κ2) is 12.2. The van der Waals surface area contributed by atoms with E-state index in [-0.39, 0.29) is 41.2 Å².